The molecule has 0 amide bonds. The molecule has 5 heavy (non-hydrogen) atoms. The van der Waals surface area contributed by atoms with Crippen molar-refractivity contribution in [2.45, 2.75) is 6.92 Å². The molecule has 0 aromatic carbocycles. The quantitative estimate of drug-likeness (QED) is 0.449. The van der Waals surface area contributed by atoms with Crippen molar-refractivity contribution in [2.24, 2.45) is 0 Å². The molecule has 0 saturated heterocycles. The van der Waals surface area contributed by atoms with Gasteiger partial charge in [0.05, 0.1) is 0 Å². The predicted octanol–water partition coefficient (Wildman–Crippen LogP) is 1.12. The second-order valence-corrected chi connectivity index (χ2v) is 2.47. The Morgan fingerprint density at radius 1 is 2.40 bits per heavy atom. The summed E-state index contributed by atoms with van der Waals surface area (Å²) in [4.78, 5) is 9.65. The first-order valence-corrected chi connectivity index (χ1v) is 2.93. The topological polar surface area (TPSA) is 17.1 Å². The van der Waals surface area contributed by atoms with Crippen molar-refractivity contribution >= 4 is 25.4 Å². The van der Waals surface area contributed by atoms with Gasteiger partial charge in [-0.05, 0) is 0 Å². The van der Waals surface area contributed by atoms with Crippen molar-refractivity contribution in [3.8, 4) is 0 Å². The van der Waals surface area contributed by atoms with Crippen LogP contribution in [0, 0.1) is 0 Å². The molecule has 0 aromatic heterocycles. The molecule has 0 aromatic rings. The van der Waals surface area contributed by atoms with Gasteiger partial charge < -0.3 is 0 Å². The minimum absolute atomic E-state index is 0.584. The molecule has 0 aliphatic carbocycles. The maximum atomic E-state index is 11.3. The van der Waals surface area contributed by atoms with Crippen LogP contribution in [0.15, 0.2) is 0 Å². The van der Waals surface area contributed by atoms with Crippen LogP contribution in [-0.4, -0.2) is 4.38 Å². The molecule has 0 aliphatic heterocycles. The van der Waals surface area contributed by atoms with E-state index in [-0.39, 0.29) is 0 Å². The molecule has 3 heteroatoms. The maximum absolute atomic E-state index is 11.3. The van der Waals surface area contributed by atoms with E-state index in [9.17, 15) is 7.65 Å². The van der Waals surface area contributed by atoms with Gasteiger partial charge in [-0.1, -0.05) is 0 Å². The number of carbonyl (C=O) groups is 1. The summed E-state index contributed by atoms with van der Waals surface area (Å²) in [5.41, 5.74) is 0. The second-order valence-electron chi connectivity index (χ2n) is 0.542. The second kappa shape index (κ2) is 2.56. The third-order valence-electron chi connectivity index (χ3n) is 0.101. The Kier molecular flexibility index (Phi) is 1.80. The number of hydrogen-bond donors (Lipinski definition) is 0. The van der Waals surface area contributed by atoms with Gasteiger partial charge in [-0.15, -0.1) is 0 Å². The molecule has 0 atom stereocenters. The van der Waals surface area contributed by atoms with Crippen molar-refractivity contribution in [3.63, 3.8) is 0 Å². The van der Waals surface area contributed by atoms with E-state index in [0.717, 1.165) is 6.92 Å². The zero-order valence-electron chi connectivity index (χ0n) is 3.66. The van der Waals surface area contributed by atoms with Crippen LogP contribution < -0.4 is 0 Å². The van der Waals surface area contributed by atoms with Gasteiger partial charge in [-0.25, -0.2) is 0 Å². The van der Waals surface area contributed by atoms with E-state index in [4.69, 9.17) is 0.594 Å². The fraction of sp³-hybridized carbons (Fsp3) is 0.500. The summed E-state index contributed by atoms with van der Waals surface area (Å²) in [5.74, 6) is 0. The summed E-state index contributed by atoms with van der Waals surface area (Å²) in [6.45, 7) is 1.11. The van der Waals surface area contributed by atoms with Crippen LogP contribution in [0.2, 0.25) is 0 Å². The first-order valence-electron chi connectivity index (χ1n) is 1.41. The van der Waals surface area contributed by atoms with Crippen LogP contribution in [0.1, 0.15) is 6.92 Å². The van der Waals surface area contributed by atoms with Crippen LogP contribution in [0.25, 0.3) is 0 Å². The van der Waals surface area contributed by atoms with Gasteiger partial charge in [0.25, 0.3) is 0 Å². The fourth-order valence-electron chi connectivity index (χ4n) is 0. The van der Waals surface area contributed by atoms with Crippen LogP contribution in [-0.2, 0) is 4.79 Å². The van der Waals surface area contributed by atoms with Crippen molar-refractivity contribution in [2.75, 3.05) is 0 Å². The SMILES string of the molecule is [3H]I(F)C(C)=O. The van der Waals surface area contributed by atoms with Gasteiger partial charge in [0.1, 0.15) is 0 Å². The van der Waals surface area contributed by atoms with E-state index in [0.29, 0.717) is 0 Å². The van der Waals surface area contributed by atoms with Gasteiger partial charge in [-0.2, -0.15) is 0 Å². The fourth-order valence-corrected chi connectivity index (χ4v) is 0. The number of carbonyl (C=O) groups excluding carboxylic acids is 1. The molecule has 0 saturated carbocycles. The third kappa shape index (κ3) is 4.33. The van der Waals surface area contributed by atoms with Crippen LogP contribution in [0.3, 0.4) is 0 Å². The van der Waals surface area contributed by atoms with E-state index in [1.807, 2.05) is 0 Å². The van der Waals surface area contributed by atoms with Crippen LogP contribution >= 0.6 is 21.6 Å². The Balaban J connectivity index is 3.26. The molecule has 0 fully saturated rings. The Hall–Kier alpha value is 0.330. The molecule has 0 bridgehead atoms. The summed E-state index contributed by atoms with van der Waals surface area (Å²) in [7, 11) is 0. The number of halogens is 2. The van der Waals surface area contributed by atoms with Crippen LogP contribution in [0.5, 0.6) is 0 Å². The molecular weight excluding hydrogens is 186 g/mol. The van der Waals surface area contributed by atoms with Gasteiger partial charge in [-0.3, -0.25) is 0 Å². The monoisotopic (exact) mass is 192 g/mol. The van der Waals surface area contributed by atoms with Crippen molar-refractivity contribution in [1.82, 2.24) is 0 Å². The molecular formula is C2H4FIO. The first kappa shape index (κ1) is 3.52. The Morgan fingerprint density at radius 3 is 2.60 bits per heavy atom. The predicted molar refractivity (Wildman–Crippen MR) is 27.2 cm³/mol. The molecule has 0 heterocycles. The average molecular weight is 192 g/mol. The molecule has 0 unspecified atom stereocenters. The zero-order valence-corrected chi connectivity index (χ0v) is 4.82. The van der Waals surface area contributed by atoms with Gasteiger partial charge >= 0.3 is 40.5 Å². The molecule has 0 N–H and O–H groups in total. The summed E-state index contributed by atoms with van der Waals surface area (Å²) in [6.07, 6.45) is 0. The molecule has 32 valence electrons. The van der Waals surface area contributed by atoms with Gasteiger partial charge in [0, 0.05) is 0 Å². The van der Waals surface area contributed by atoms with Crippen LogP contribution in [0.4, 0.5) is 2.86 Å². The molecule has 0 spiro atoms. The van der Waals surface area contributed by atoms with E-state index in [2.05, 4.69) is 0 Å². The van der Waals surface area contributed by atoms with Gasteiger partial charge in [0.15, 0.2) is 0 Å². The van der Waals surface area contributed by atoms with Crippen molar-refractivity contribution in [3.05, 3.63) is 0 Å². The molecule has 0 rings (SSSR count). The number of rotatable bonds is 1. The zero-order chi connectivity index (χ0) is 5.15. The summed E-state index contributed by atoms with van der Waals surface area (Å²) < 4.78 is 16.9. The summed E-state index contributed by atoms with van der Waals surface area (Å²) in [6, 6.07) is 0. The molecule has 1 nitrogen and oxygen atoms in total. The first-order chi connectivity index (χ1) is 2.64. The Morgan fingerprint density at radius 2 is 2.60 bits per heavy atom. The van der Waals surface area contributed by atoms with E-state index >= 15 is 0 Å². The standard InChI is InChI=1S/C2H4FIO/c1-2(5)4-3/h4H,1H3/i4T. The normalized spacial score (nSPS) is 13.2. The van der Waals surface area contributed by atoms with E-state index in [1.54, 1.807) is 0 Å². The average Bonchev–Trinajstić information content (AvgIpc) is 1.36. The minimum atomic E-state index is -3.27. The third-order valence-corrected chi connectivity index (χ3v) is 0.675. The molecule has 0 radical (unpaired) electrons. The Labute approximate surface area is 41.1 Å². The van der Waals surface area contributed by atoms with E-state index in [1.165, 1.54) is 0 Å². The Bertz CT molecular complexity index is 64.6. The number of hydrogen-bond acceptors (Lipinski definition) is 1. The summed E-state index contributed by atoms with van der Waals surface area (Å²) in [5, 5.41) is 0. The van der Waals surface area contributed by atoms with E-state index < -0.39 is 25.4 Å². The summed E-state index contributed by atoms with van der Waals surface area (Å²) >= 11 is -3.27. The van der Waals surface area contributed by atoms with Crippen molar-refractivity contribution in [1.29, 1.82) is 0.594 Å². The molecule has 0 aliphatic rings. The van der Waals surface area contributed by atoms with Gasteiger partial charge in [0.2, 0.25) is 0 Å². The van der Waals surface area contributed by atoms with Crippen molar-refractivity contribution < 1.29 is 7.65 Å².